The smallest absolute Gasteiger partial charge is 0.122 e. The van der Waals surface area contributed by atoms with Crippen molar-refractivity contribution in [2.24, 2.45) is 13.0 Å². The van der Waals surface area contributed by atoms with Crippen LogP contribution in [0.1, 0.15) is 38.4 Å². The van der Waals surface area contributed by atoms with Crippen LogP contribution in [0.4, 0.5) is 0 Å². The Kier molecular flexibility index (Phi) is 8.12. The predicted octanol–water partition coefficient (Wildman–Crippen LogP) is 2.06. The topological polar surface area (TPSA) is 36.8 Å². The molecule has 0 N–H and O–H groups in total. The number of aryl methyl sites for hydroxylation is 1. The molecule has 3 rings (SSSR count). The minimum atomic E-state index is 0.720. The molecule has 0 radical (unpaired) electrons. The predicted molar refractivity (Wildman–Crippen MR) is 110 cm³/mol. The van der Waals surface area contributed by atoms with E-state index in [1.54, 1.807) is 7.11 Å². The van der Waals surface area contributed by atoms with Gasteiger partial charge >= 0.3 is 0 Å². The van der Waals surface area contributed by atoms with E-state index in [0.717, 1.165) is 31.7 Å². The summed E-state index contributed by atoms with van der Waals surface area (Å²) in [5.74, 6) is 1.99. The Morgan fingerprint density at radius 3 is 2.67 bits per heavy atom. The molecule has 0 unspecified atom stereocenters. The second kappa shape index (κ2) is 10.6. The van der Waals surface area contributed by atoms with E-state index in [9.17, 15) is 0 Å². The van der Waals surface area contributed by atoms with Gasteiger partial charge in [-0.2, -0.15) is 0 Å². The lowest BCUT2D eigenvalue weighted by molar-refractivity contribution is 0.0953. The number of rotatable bonds is 10. The molecule has 154 valence electrons. The lowest BCUT2D eigenvalue weighted by Crippen LogP contribution is -2.44. The zero-order valence-corrected chi connectivity index (χ0v) is 17.6. The van der Waals surface area contributed by atoms with Crippen LogP contribution in [0.15, 0.2) is 12.4 Å². The summed E-state index contributed by atoms with van der Waals surface area (Å²) in [6.07, 6.45) is 9.31. The average Bonchev–Trinajstić information content (AvgIpc) is 3.30. The van der Waals surface area contributed by atoms with E-state index in [1.165, 1.54) is 70.8 Å². The number of nitrogens with zero attached hydrogens (tertiary/aromatic N) is 5. The summed E-state index contributed by atoms with van der Waals surface area (Å²) in [7, 11) is 3.91. The number of ether oxygens (including phenoxy) is 1. The average molecular weight is 378 g/mol. The third-order valence-corrected chi connectivity index (χ3v) is 6.50. The van der Waals surface area contributed by atoms with Gasteiger partial charge in [0.25, 0.3) is 0 Å². The second-order valence-corrected chi connectivity index (χ2v) is 8.35. The molecule has 1 aromatic heterocycles. The molecule has 3 heterocycles. The Labute approximate surface area is 165 Å². The monoisotopic (exact) mass is 377 g/mol. The van der Waals surface area contributed by atoms with Crippen molar-refractivity contribution in [3.63, 3.8) is 0 Å². The van der Waals surface area contributed by atoms with Crippen molar-refractivity contribution in [3.8, 4) is 0 Å². The van der Waals surface area contributed by atoms with Gasteiger partial charge in [0.2, 0.25) is 0 Å². The maximum Gasteiger partial charge on any atom is 0.122 e. The van der Waals surface area contributed by atoms with Crippen LogP contribution in [-0.4, -0.2) is 89.8 Å². The van der Waals surface area contributed by atoms with Crippen LogP contribution < -0.4 is 0 Å². The van der Waals surface area contributed by atoms with E-state index in [2.05, 4.69) is 44.4 Å². The highest BCUT2D eigenvalue weighted by Crippen LogP contribution is 2.22. The molecule has 0 bridgehead atoms. The van der Waals surface area contributed by atoms with Gasteiger partial charge in [0.05, 0.1) is 13.2 Å². The van der Waals surface area contributed by atoms with Crippen LogP contribution in [0.2, 0.25) is 0 Å². The van der Waals surface area contributed by atoms with Crippen LogP contribution >= 0.6 is 0 Å². The fraction of sp³-hybridized carbons (Fsp3) is 0.857. The molecule has 6 heteroatoms. The third kappa shape index (κ3) is 6.01. The zero-order chi connectivity index (χ0) is 19.1. The molecule has 1 aromatic rings. The van der Waals surface area contributed by atoms with Crippen molar-refractivity contribution in [1.82, 2.24) is 24.3 Å². The summed E-state index contributed by atoms with van der Waals surface area (Å²) in [6.45, 7) is 12.5. The number of hydrogen-bond donors (Lipinski definition) is 0. The van der Waals surface area contributed by atoms with Crippen LogP contribution in [0.5, 0.6) is 0 Å². The van der Waals surface area contributed by atoms with E-state index < -0.39 is 0 Å². The number of aromatic nitrogens is 2. The third-order valence-electron chi connectivity index (χ3n) is 6.50. The summed E-state index contributed by atoms with van der Waals surface area (Å²) in [4.78, 5) is 12.5. The summed E-state index contributed by atoms with van der Waals surface area (Å²) in [6, 6.07) is 0.720. The first kappa shape index (κ1) is 20.8. The fourth-order valence-electron chi connectivity index (χ4n) is 4.75. The lowest BCUT2D eigenvalue weighted by Gasteiger charge is -2.36. The van der Waals surface area contributed by atoms with E-state index in [-0.39, 0.29) is 0 Å². The molecule has 0 aliphatic carbocycles. The molecule has 2 aliphatic rings. The normalized spacial score (nSPS) is 22.9. The number of imidazole rings is 1. The minimum absolute atomic E-state index is 0.720. The Hall–Kier alpha value is -0.950. The summed E-state index contributed by atoms with van der Waals surface area (Å²) in [5, 5.41) is 0. The molecule has 1 atom stereocenters. The Balaban J connectivity index is 1.56. The molecule has 0 spiro atoms. The number of likely N-dealkylation sites (N-methyl/N-ethyl adjacent to an activating group) is 1. The van der Waals surface area contributed by atoms with Gasteiger partial charge in [-0.1, -0.05) is 6.92 Å². The lowest BCUT2D eigenvalue weighted by atomic mass is 9.96. The first-order valence-electron chi connectivity index (χ1n) is 10.8. The molecule has 0 aromatic carbocycles. The van der Waals surface area contributed by atoms with Crippen molar-refractivity contribution < 1.29 is 4.74 Å². The van der Waals surface area contributed by atoms with Crippen molar-refractivity contribution in [1.29, 1.82) is 0 Å². The van der Waals surface area contributed by atoms with E-state index in [4.69, 9.17) is 4.74 Å². The Morgan fingerprint density at radius 2 is 2.00 bits per heavy atom. The van der Waals surface area contributed by atoms with E-state index >= 15 is 0 Å². The van der Waals surface area contributed by atoms with Crippen molar-refractivity contribution in [2.45, 2.75) is 45.2 Å². The van der Waals surface area contributed by atoms with E-state index in [1.807, 2.05) is 6.20 Å². The van der Waals surface area contributed by atoms with Crippen LogP contribution in [0, 0.1) is 5.92 Å². The maximum absolute atomic E-state index is 5.24. The first-order valence-corrected chi connectivity index (χ1v) is 10.8. The van der Waals surface area contributed by atoms with Gasteiger partial charge in [-0.05, 0) is 57.8 Å². The summed E-state index contributed by atoms with van der Waals surface area (Å²) in [5.41, 5.74) is 0. The molecule has 2 fully saturated rings. The van der Waals surface area contributed by atoms with Gasteiger partial charge in [0.1, 0.15) is 5.82 Å². The van der Waals surface area contributed by atoms with Crippen molar-refractivity contribution >= 4 is 0 Å². The molecular weight excluding hydrogens is 338 g/mol. The Bertz CT molecular complexity index is 540. The van der Waals surface area contributed by atoms with Crippen LogP contribution in [0.3, 0.4) is 0 Å². The molecule has 0 amide bonds. The number of piperidine rings is 1. The van der Waals surface area contributed by atoms with Crippen molar-refractivity contribution in [2.75, 3.05) is 59.5 Å². The van der Waals surface area contributed by atoms with Crippen LogP contribution in [0.25, 0.3) is 0 Å². The maximum atomic E-state index is 5.24. The van der Waals surface area contributed by atoms with Gasteiger partial charge < -0.3 is 14.2 Å². The second-order valence-electron chi connectivity index (χ2n) is 8.35. The highest BCUT2D eigenvalue weighted by molar-refractivity contribution is 4.93. The molecule has 2 saturated heterocycles. The molecule has 0 saturated carbocycles. The quantitative estimate of drug-likeness (QED) is 0.624. The summed E-state index contributed by atoms with van der Waals surface area (Å²) < 4.78 is 7.41. The Morgan fingerprint density at radius 1 is 1.19 bits per heavy atom. The standard InChI is InChI=1S/C21H39N5O/c1-4-26-10-5-6-20(26)17-25(18-21-22-9-13-23(21)2)16-19-7-11-24(12-8-19)14-15-27-3/h9,13,19-20H,4-8,10-12,14-18H2,1-3H3/t20-/m1/s1. The SMILES string of the molecule is CCN1CCC[C@@H]1CN(Cc1nccn1C)CC1CCN(CCOC)CC1. The highest BCUT2D eigenvalue weighted by Gasteiger charge is 2.28. The highest BCUT2D eigenvalue weighted by atomic mass is 16.5. The van der Waals surface area contributed by atoms with Gasteiger partial charge in [0, 0.05) is 52.2 Å². The van der Waals surface area contributed by atoms with Gasteiger partial charge in [0.15, 0.2) is 0 Å². The van der Waals surface area contributed by atoms with Crippen molar-refractivity contribution in [3.05, 3.63) is 18.2 Å². The van der Waals surface area contributed by atoms with Gasteiger partial charge in [-0.25, -0.2) is 4.98 Å². The van der Waals surface area contributed by atoms with Gasteiger partial charge in [-0.3, -0.25) is 9.80 Å². The molecule has 2 aliphatic heterocycles. The zero-order valence-electron chi connectivity index (χ0n) is 17.6. The molecule has 27 heavy (non-hydrogen) atoms. The minimum Gasteiger partial charge on any atom is -0.383 e. The molecule has 6 nitrogen and oxygen atoms in total. The first-order chi connectivity index (χ1) is 13.2. The number of methoxy groups -OCH3 is 1. The summed E-state index contributed by atoms with van der Waals surface area (Å²) >= 11 is 0. The van der Waals surface area contributed by atoms with E-state index in [0.29, 0.717) is 0 Å². The largest absolute Gasteiger partial charge is 0.383 e. The number of likely N-dealkylation sites (tertiary alicyclic amines) is 2. The molecular formula is C21H39N5O. The van der Waals surface area contributed by atoms with Crippen LogP contribution in [-0.2, 0) is 18.3 Å². The fourth-order valence-corrected chi connectivity index (χ4v) is 4.75. The number of hydrogen-bond acceptors (Lipinski definition) is 5. The van der Waals surface area contributed by atoms with Gasteiger partial charge in [-0.15, -0.1) is 0 Å².